The summed E-state index contributed by atoms with van der Waals surface area (Å²) in [6.07, 6.45) is 6.80. The van der Waals surface area contributed by atoms with E-state index < -0.39 is 5.97 Å². The highest BCUT2D eigenvalue weighted by Crippen LogP contribution is 2.39. The number of amides is 1. The van der Waals surface area contributed by atoms with E-state index in [2.05, 4.69) is 22.2 Å². The van der Waals surface area contributed by atoms with E-state index in [4.69, 9.17) is 4.74 Å². The zero-order chi connectivity index (χ0) is 18.7. The van der Waals surface area contributed by atoms with Crippen LogP contribution in [0.3, 0.4) is 0 Å². The van der Waals surface area contributed by atoms with E-state index in [0.29, 0.717) is 28.1 Å². The van der Waals surface area contributed by atoms with Gasteiger partial charge in [0, 0.05) is 12.0 Å². The van der Waals surface area contributed by atoms with Gasteiger partial charge >= 0.3 is 5.97 Å². The molecule has 0 spiro atoms. The first-order chi connectivity index (χ1) is 12.5. The van der Waals surface area contributed by atoms with Gasteiger partial charge in [-0.2, -0.15) is 0 Å². The van der Waals surface area contributed by atoms with Gasteiger partial charge in [0.15, 0.2) is 0 Å². The summed E-state index contributed by atoms with van der Waals surface area (Å²) < 4.78 is 4.88. The van der Waals surface area contributed by atoms with Crippen LogP contribution >= 0.6 is 11.8 Å². The number of methoxy groups -OCH3 is 1. The molecule has 2 atom stereocenters. The summed E-state index contributed by atoms with van der Waals surface area (Å²) in [5.41, 5.74) is 0.998. The van der Waals surface area contributed by atoms with Crippen molar-refractivity contribution in [3.8, 4) is 0 Å². The minimum absolute atomic E-state index is 0.00574. The number of carbonyl (C=O) groups excluding carboxylic acids is 2. The first-order valence-electron chi connectivity index (χ1n) is 9.38. The predicted octanol–water partition coefficient (Wildman–Crippen LogP) is 3.24. The molecule has 0 saturated heterocycles. The fourth-order valence-electron chi connectivity index (χ4n) is 3.45. The van der Waals surface area contributed by atoms with Gasteiger partial charge in [-0.25, -0.2) is 14.8 Å². The van der Waals surface area contributed by atoms with Crippen molar-refractivity contribution in [1.82, 2.24) is 15.3 Å². The molecule has 142 valence electrons. The van der Waals surface area contributed by atoms with Gasteiger partial charge in [0.1, 0.15) is 16.4 Å². The molecule has 1 aromatic heterocycles. The summed E-state index contributed by atoms with van der Waals surface area (Å²) in [6.45, 7) is 4.00. The summed E-state index contributed by atoms with van der Waals surface area (Å²) in [7, 11) is 1.35. The number of nitrogens with zero attached hydrogens (tertiary/aromatic N) is 2. The van der Waals surface area contributed by atoms with Crippen molar-refractivity contribution in [2.24, 2.45) is 5.92 Å². The Bertz CT molecular complexity index is 691. The molecule has 2 unspecified atom stereocenters. The molecule has 1 N–H and O–H groups in total. The fraction of sp³-hybridized carbons (Fsp3) is 0.684. The van der Waals surface area contributed by atoms with E-state index in [1.54, 1.807) is 6.92 Å². The van der Waals surface area contributed by atoms with Gasteiger partial charge in [-0.1, -0.05) is 31.5 Å². The normalized spacial score (nSPS) is 22.7. The average molecular weight is 378 g/mol. The van der Waals surface area contributed by atoms with Crippen LogP contribution in [0.4, 0.5) is 0 Å². The first kappa shape index (κ1) is 19.1. The number of nitrogens with one attached hydrogen (secondary N) is 1. The molecule has 6 nitrogen and oxygen atoms in total. The number of aryl methyl sites for hydroxylation is 1. The van der Waals surface area contributed by atoms with Crippen LogP contribution in [0.5, 0.6) is 0 Å². The van der Waals surface area contributed by atoms with Crippen LogP contribution < -0.4 is 5.32 Å². The van der Waals surface area contributed by atoms with Gasteiger partial charge in [0.25, 0.3) is 0 Å². The van der Waals surface area contributed by atoms with Crippen molar-refractivity contribution in [2.45, 2.75) is 69.4 Å². The molecule has 7 heteroatoms. The van der Waals surface area contributed by atoms with Crippen molar-refractivity contribution in [2.75, 3.05) is 12.9 Å². The third kappa shape index (κ3) is 4.55. The molecule has 0 aromatic carbocycles. The molecule has 0 aliphatic heterocycles. The van der Waals surface area contributed by atoms with Crippen LogP contribution in [-0.4, -0.2) is 40.7 Å². The van der Waals surface area contributed by atoms with Crippen molar-refractivity contribution in [3.63, 3.8) is 0 Å². The van der Waals surface area contributed by atoms with E-state index in [0.717, 1.165) is 25.1 Å². The second kappa shape index (κ2) is 8.37. The minimum Gasteiger partial charge on any atom is -0.465 e. The van der Waals surface area contributed by atoms with Crippen LogP contribution in [0.15, 0.2) is 5.03 Å². The molecule has 0 radical (unpaired) electrons. The Morgan fingerprint density at radius 2 is 1.92 bits per heavy atom. The van der Waals surface area contributed by atoms with Crippen LogP contribution in [0.25, 0.3) is 0 Å². The van der Waals surface area contributed by atoms with Crippen molar-refractivity contribution in [3.05, 3.63) is 17.1 Å². The van der Waals surface area contributed by atoms with Gasteiger partial charge < -0.3 is 10.1 Å². The summed E-state index contributed by atoms with van der Waals surface area (Å²) in [6, 6.07) is 0.256. The zero-order valence-electron chi connectivity index (χ0n) is 15.7. The van der Waals surface area contributed by atoms with Crippen LogP contribution in [0.2, 0.25) is 0 Å². The molecule has 26 heavy (non-hydrogen) atoms. The lowest BCUT2D eigenvalue weighted by atomic mass is 9.86. The quantitative estimate of drug-likeness (QED) is 0.466. The number of hydrogen-bond donors (Lipinski definition) is 1. The third-order valence-electron chi connectivity index (χ3n) is 5.20. The molecule has 2 aliphatic carbocycles. The zero-order valence-corrected chi connectivity index (χ0v) is 16.5. The van der Waals surface area contributed by atoms with Gasteiger partial charge in [0.05, 0.1) is 18.6 Å². The average Bonchev–Trinajstić information content (AvgIpc) is 3.46. The Kier molecular flexibility index (Phi) is 6.16. The Balaban J connectivity index is 1.69. The lowest BCUT2D eigenvalue weighted by Crippen LogP contribution is -2.41. The Hall–Kier alpha value is -1.63. The monoisotopic (exact) mass is 377 g/mol. The maximum absolute atomic E-state index is 12.4. The molecule has 2 aliphatic rings. The second-order valence-corrected chi connectivity index (χ2v) is 8.30. The lowest BCUT2D eigenvalue weighted by Gasteiger charge is -2.29. The number of hydrogen-bond acceptors (Lipinski definition) is 6. The summed E-state index contributed by atoms with van der Waals surface area (Å²) in [4.78, 5) is 33.6. The Labute approximate surface area is 158 Å². The van der Waals surface area contributed by atoms with Crippen LogP contribution in [0.1, 0.15) is 73.2 Å². The Morgan fingerprint density at radius 3 is 2.58 bits per heavy atom. The van der Waals surface area contributed by atoms with Crippen molar-refractivity contribution >= 4 is 23.6 Å². The molecule has 2 saturated carbocycles. The number of carbonyl (C=O) groups is 2. The highest BCUT2D eigenvalue weighted by Gasteiger charge is 2.30. The second-order valence-electron chi connectivity index (χ2n) is 7.34. The molecular weight excluding hydrogens is 350 g/mol. The number of esters is 1. The van der Waals surface area contributed by atoms with Gasteiger partial charge in [-0.15, -0.1) is 0 Å². The maximum atomic E-state index is 12.4. The van der Waals surface area contributed by atoms with Crippen LogP contribution in [-0.2, 0) is 9.53 Å². The van der Waals surface area contributed by atoms with Gasteiger partial charge in [-0.05, 0) is 38.5 Å². The molecule has 2 fully saturated rings. The largest absolute Gasteiger partial charge is 0.465 e. The lowest BCUT2D eigenvalue weighted by molar-refractivity contribution is -0.119. The van der Waals surface area contributed by atoms with Gasteiger partial charge in [0.2, 0.25) is 5.91 Å². The molecule has 1 aromatic rings. The SMILES string of the molecule is COC(=O)c1c(C)nc(C2CC2)nc1SCC(=O)NC1CCCCC1C. The number of rotatable bonds is 6. The predicted molar refractivity (Wildman–Crippen MR) is 100 cm³/mol. The van der Waals surface area contributed by atoms with E-state index in [-0.39, 0.29) is 17.7 Å². The van der Waals surface area contributed by atoms with Crippen molar-refractivity contribution < 1.29 is 14.3 Å². The maximum Gasteiger partial charge on any atom is 0.342 e. The summed E-state index contributed by atoms with van der Waals surface area (Å²) in [5.74, 6) is 1.47. The topological polar surface area (TPSA) is 81.2 Å². The van der Waals surface area contributed by atoms with Crippen molar-refractivity contribution in [1.29, 1.82) is 0 Å². The molecule has 3 rings (SSSR count). The molecule has 1 amide bonds. The number of thioether (sulfide) groups is 1. The number of ether oxygens (including phenoxy) is 1. The fourth-order valence-corrected chi connectivity index (χ4v) is 4.33. The number of aromatic nitrogens is 2. The first-order valence-corrected chi connectivity index (χ1v) is 10.4. The van der Waals surface area contributed by atoms with E-state index >= 15 is 0 Å². The molecule has 1 heterocycles. The third-order valence-corrected chi connectivity index (χ3v) is 6.18. The van der Waals surface area contributed by atoms with E-state index in [9.17, 15) is 9.59 Å². The highest BCUT2D eigenvalue weighted by molar-refractivity contribution is 8.00. The smallest absolute Gasteiger partial charge is 0.342 e. The standard InChI is InChI=1S/C19H27N3O3S/c1-11-6-4-5-7-14(11)21-15(23)10-26-18-16(19(24)25-3)12(2)20-17(22-18)13-8-9-13/h11,13-14H,4-10H2,1-3H3,(H,21,23). The summed E-state index contributed by atoms with van der Waals surface area (Å²) in [5, 5.41) is 3.70. The van der Waals surface area contributed by atoms with E-state index in [1.807, 2.05) is 0 Å². The van der Waals surface area contributed by atoms with Crippen LogP contribution in [0, 0.1) is 12.8 Å². The molecular formula is C19H27N3O3S. The summed E-state index contributed by atoms with van der Waals surface area (Å²) >= 11 is 1.30. The Morgan fingerprint density at radius 1 is 1.19 bits per heavy atom. The minimum atomic E-state index is -0.450. The highest BCUT2D eigenvalue weighted by atomic mass is 32.2. The van der Waals surface area contributed by atoms with E-state index in [1.165, 1.54) is 38.1 Å². The molecule has 0 bridgehead atoms. The van der Waals surface area contributed by atoms with Gasteiger partial charge in [-0.3, -0.25) is 4.79 Å².